The molecule has 0 aromatic heterocycles. The average molecular weight is 563 g/mol. The molecule has 0 saturated carbocycles. The monoisotopic (exact) mass is 562 g/mol. The first-order chi connectivity index (χ1) is 19.5. The lowest BCUT2D eigenvalue weighted by Crippen LogP contribution is -2.58. The predicted molar refractivity (Wildman–Crippen MR) is 158 cm³/mol. The van der Waals surface area contributed by atoms with Gasteiger partial charge in [0, 0.05) is 30.8 Å². The van der Waals surface area contributed by atoms with Crippen molar-refractivity contribution in [2.24, 2.45) is 5.41 Å². The van der Waals surface area contributed by atoms with Gasteiger partial charge in [0.25, 0.3) is 0 Å². The molecule has 2 atom stereocenters. The van der Waals surface area contributed by atoms with Crippen LogP contribution in [0.25, 0.3) is 0 Å². The molecular formula is C32H42N4O5. The summed E-state index contributed by atoms with van der Waals surface area (Å²) in [5.74, 6) is 3.06. The van der Waals surface area contributed by atoms with Crippen LogP contribution >= 0.6 is 0 Å². The molecule has 0 aliphatic carbocycles. The summed E-state index contributed by atoms with van der Waals surface area (Å²) in [7, 11) is 4.01. The van der Waals surface area contributed by atoms with E-state index in [0.29, 0.717) is 43.1 Å². The topological polar surface area (TPSA) is 100 Å². The highest BCUT2D eigenvalue weighted by molar-refractivity contribution is 5.92. The molecule has 0 radical (unpaired) electrons. The van der Waals surface area contributed by atoms with Gasteiger partial charge in [0.1, 0.15) is 23.6 Å². The zero-order valence-corrected chi connectivity index (χ0v) is 24.7. The SMILES string of the molecule is C#Cc1ccc(CNC(=O)C2CCCN2C(=O)C(NC(=O)Oc2ccccc2)C(C)(C)C)c(OCCCN(C)C)c1. The minimum atomic E-state index is -0.884. The van der Waals surface area contributed by atoms with Crippen LogP contribution in [0.3, 0.4) is 0 Å². The largest absolute Gasteiger partial charge is 0.493 e. The summed E-state index contributed by atoms with van der Waals surface area (Å²) in [6, 6.07) is 12.6. The van der Waals surface area contributed by atoms with Crippen molar-refractivity contribution >= 4 is 17.9 Å². The zero-order valence-electron chi connectivity index (χ0n) is 24.7. The first-order valence-corrected chi connectivity index (χ1v) is 14.0. The lowest BCUT2D eigenvalue weighted by Gasteiger charge is -2.35. The first kappa shape index (κ1) is 31.5. The molecule has 3 rings (SSSR count). The van der Waals surface area contributed by atoms with E-state index >= 15 is 0 Å². The number of amides is 3. The van der Waals surface area contributed by atoms with Gasteiger partial charge in [-0.3, -0.25) is 9.59 Å². The molecular weight excluding hydrogens is 520 g/mol. The number of hydrogen-bond donors (Lipinski definition) is 2. The maximum atomic E-state index is 13.7. The number of carbonyl (C=O) groups is 3. The van der Waals surface area contributed by atoms with Gasteiger partial charge in [-0.15, -0.1) is 6.42 Å². The van der Waals surface area contributed by atoms with Crippen molar-refractivity contribution in [1.29, 1.82) is 0 Å². The Hall–Kier alpha value is -4.03. The van der Waals surface area contributed by atoms with Crippen molar-refractivity contribution in [3.8, 4) is 23.8 Å². The van der Waals surface area contributed by atoms with E-state index in [1.807, 2.05) is 53.1 Å². The highest BCUT2D eigenvalue weighted by Gasteiger charge is 2.42. The Morgan fingerprint density at radius 3 is 2.54 bits per heavy atom. The number of nitrogens with zero attached hydrogens (tertiary/aromatic N) is 2. The molecule has 1 fully saturated rings. The number of carbonyl (C=O) groups excluding carboxylic acids is 3. The molecule has 2 N–H and O–H groups in total. The van der Waals surface area contributed by atoms with Gasteiger partial charge in [-0.2, -0.15) is 0 Å². The van der Waals surface area contributed by atoms with E-state index in [9.17, 15) is 14.4 Å². The Balaban J connectivity index is 1.66. The maximum absolute atomic E-state index is 13.7. The van der Waals surface area contributed by atoms with Crippen molar-refractivity contribution in [2.75, 3.05) is 33.8 Å². The maximum Gasteiger partial charge on any atom is 0.413 e. The van der Waals surface area contributed by atoms with Crippen LogP contribution in [0.4, 0.5) is 4.79 Å². The summed E-state index contributed by atoms with van der Waals surface area (Å²) < 4.78 is 11.4. The smallest absolute Gasteiger partial charge is 0.413 e. The van der Waals surface area contributed by atoms with Crippen LogP contribution in [-0.4, -0.2) is 73.6 Å². The summed E-state index contributed by atoms with van der Waals surface area (Å²) in [4.78, 5) is 43.4. The van der Waals surface area contributed by atoms with Crippen LogP contribution in [0.2, 0.25) is 0 Å². The first-order valence-electron chi connectivity index (χ1n) is 14.0. The van der Waals surface area contributed by atoms with Gasteiger partial charge in [0.2, 0.25) is 11.8 Å². The molecule has 9 heteroatoms. The van der Waals surface area contributed by atoms with Crippen molar-refractivity contribution in [1.82, 2.24) is 20.4 Å². The van der Waals surface area contributed by atoms with Crippen molar-refractivity contribution in [2.45, 2.75) is 58.7 Å². The second-order valence-electron chi connectivity index (χ2n) is 11.5. The minimum absolute atomic E-state index is 0.232. The van der Waals surface area contributed by atoms with Gasteiger partial charge >= 0.3 is 6.09 Å². The number of ether oxygens (including phenoxy) is 2. The van der Waals surface area contributed by atoms with E-state index in [4.69, 9.17) is 15.9 Å². The van der Waals surface area contributed by atoms with Crippen LogP contribution in [-0.2, 0) is 16.1 Å². The number of benzene rings is 2. The molecule has 1 aliphatic rings. The van der Waals surface area contributed by atoms with Crippen LogP contribution in [0.1, 0.15) is 51.2 Å². The fourth-order valence-corrected chi connectivity index (χ4v) is 4.65. The van der Waals surface area contributed by atoms with Crippen LogP contribution in [0, 0.1) is 17.8 Å². The molecule has 9 nitrogen and oxygen atoms in total. The van der Waals surface area contributed by atoms with E-state index in [2.05, 4.69) is 21.5 Å². The van der Waals surface area contributed by atoms with Gasteiger partial charge in [-0.25, -0.2) is 4.79 Å². The van der Waals surface area contributed by atoms with Crippen molar-refractivity contribution < 1.29 is 23.9 Å². The molecule has 41 heavy (non-hydrogen) atoms. The van der Waals surface area contributed by atoms with Crippen molar-refractivity contribution in [3.63, 3.8) is 0 Å². The third-order valence-electron chi connectivity index (χ3n) is 6.86. The number of hydrogen-bond acceptors (Lipinski definition) is 6. The Morgan fingerprint density at radius 1 is 1.15 bits per heavy atom. The standard InChI is InChI=1S/C32H42N4O5/c1-7-23-16-17-24(27(21-23)40-20-12-18-35(5)6)22-33-29(37)26-15-11-19-36(26)30(38)28(32(2,3)4)34-31(39)41-25-13-9-8-10-14-25/h1,8-10,13-14,16-17,21,26,28H,11-12,15,18-20,22H2,2-6H3,(H,33,37)(H,34,39). The summed E-state index contributed by atoms with van der Waals surface area (Å²) >= 11 is 0. The lowest BCUT2D eigenvalue weighted by atomic mass is 9.85. The second kappa shape index (κ2) is 14.6. The Bertz CT molecular complexity index is 1230. The van der Waals surface area contributed by atoms with Gasteiger partial charge < -0.3 is 29.9 Å². The highest BCUT2D eigenvalue weighted by atomic mass is 16.6. The van der Waals surface area contributed by atoms with E-state index in [0.717, 1.165) is 18.5 Å². The highest BCUT2D eigenvalue weighted by Crippen LogP contribution is 2.27. The number of nitrogens with one attached hydrogen (secondary N) is 2. The molecule has 3 amide bonds. The quantitative estimate of drug-likeness (QED) is 0.319. The van der Waals surface area contributed by atoms with Gasteiger partial charge in [0.05, 0.1) is 6.61 Å². The van der Waals surface area contributed by atoms with E-state index in [1.54, 1.807) is 35.2 Å². The van der Waals surface area contributed by atoms with E-state index in [1.165, 1.54) is 0 Å². The molecule has 2 aromatic carbocycles. The van der Waals surface area contributed by atoms with E-state index in [-0.39, 0.29) is 18.4 Å². The minimum Gasteiger partial charge on any atom is -0.493 e. The zero-order chi connectivity index (χ0) is 30.0. The Morgan fingerprint density at radius 2 is 1.88 bits per heavy atom. The van der Waals surface area contributed by atoms with Gasteiger partial charge in [-0.1, -0.05) is 51.0 Å². The van der Waals surface area contributed by atoms with Crippen molar-refractivity contribution in [3.05, 3.63) is 59.7 Å². The lowest BCUT2D eigenvalue weighted by molar-refractivity contribution is -0.142. The third kappa shape index (κ3) is 9.25. The summed E-state index contributed by atoms with van der Waals surface area (Å²) in [6.07, 6.45) is 6.93. The second-order valence-corrected chi connectivity index (χ2v) is 11.5. The van der Waals surface area contributed by atoms with Gasteiger partial charge in [0.15, 0.2) is 0 Å². The number of terminal acetylenes is 1. The molecule has 0 spiro atoms. The van der Waals surface area contributed by atoms with Crippen LogP contribution in [0.15, 0.2) is 48.5 Å². The van der Waals surface area contributed by atoms with E-state index < -0.39 is 23.6 Å². The van der Waals surface area contributed by atoms with Crippen LogP contribution in [0.5, 0.6) is 11.5 Å². The number of likely N-dealkylation sites (tertiary alicyclic amines) is 1. The molecule has 1 aliphatic heterocycles. The molecule has 2 aromatic rings. The Kier molecular flexibility index (Phi) is 11.2. The number of rotatable bonds is 11. The fraction of sp³-hybridized carbons (Fsp3) is 0.469. The molecule has 2 unspecified atom stereocenters. The average Bonchev–Trinajstić information content (AvgIpc) is 3.43. The normalized spacial score (nSPS) is 15.6. The predicted octanol–water partition coefficient (Wildman–Crippen LogP) is 3.81. The van der Waals surface area contributed by atoms with Crippen LogP contribution < -0.4 is 20.1 Å². The number of para-hydroxylation sites is 1. The summed E-state index contributed by atoms with van der Waals surface area (Å²) in [5, 5.41) is 5.71. The molecule has 220 valence electrons. The Labute approximate surface area is 243 Å². The summed E-state index contributed by atoms with van der Waals surface area (Å²) in [6.45, 7) is 7.66. The molecule has 0 bridgehead atoms. The third-order valence-corrected chi connectivity index (χ3v) is 6.86. The van der Waals surface area contributed by atoms with Gasteiger partial charge in [-0.05, 0) is 63.0 Å². The fourth-order valence-electron chi connectivity index (χ4n) is 4.65. The molecule has 1 heterocycles. The molecule has 1 saturated heterocycles. The summed E-state index contributed by atoms with van der Waals surface area (Å²) in [5.41, 5.74) is 0.881.